The van der Waals surface area contributed by atoms with Crippen molar-refractivity contribution in [2.24, 2.45) is 0 Å². The van der Waals surface area contributed by atoms with E-state index in [-0.39, 0.29) is 12.1 Å². The number of piperazine rings is 1. The molecule has 2 amide bonds. The number of pyridine rings is 1. The molecule has 6 heteroatoms. The Kier molecular flexibility index (Phi) is 2.52. The van der Waals surface area contributed by atoms with Gasteiger partial charge in [0.15, 0.2) is 0 Å². The molecule has 2 fully saturated rings. The average Bonchev–Trinajstić information content (AvgIpc) is 2.80. The molecule has 2 aliphatic rings. The Morgan fingerprint density at radius 1 is 1.50 bits per heavy atom. The zero-order valence-corrected chi connectivity index (χ0v) is 9.83. The van der Waals surface area contributed by atoms with Crippen LogP contribution in [-0.4, -0.2) is 48.1 Å². The van der Waals surface area contributed by atoms with E-state index in [2.05, 4.69) is 21.3 Å². The van der Waals surface area contributed by atoms with Gasteiger partial charge in [0.05, 0.1) is 17.7 Å². The highest BCUT2D eigenvalue weighted by Crippen LogP contribution is 2.19. The van der Waals surface area contributed by atoms with Crippen molar-refractivity contribution in [2.45, 2.75) is 6.04 Å². The van der Waals surface area contributed by atoms with E-state index < -0.39 is 0 Å². The third-order valence-corrected chi connectivity index (χ3v) is 3.43. The van der Waals surface area contributed by atoms with Crippen molar-refractivity contribution < 1.29 is 4.79 Å². The fraction of sp³-hybridized carbons (Fsp3) is 0.417. The summed E-state index contributed by atoms with van der Waals surface area (Å²) < 4.78 is 0. The van der Waals surface area contributed by atoms with Crippen LogP contribution in [0.2, 0.25) is 0 Å². The monoisotopic (exact) mass is 243 g/mol. The minimum absolute atomic E-state index is 0.0263. The molecule has 1 aromatic rings. The molecule has 2 aliphatic heterocycles. The molecule has 0 bridgehead atoms. The number of nitrogens with one attached hydrogen (secondary N) is 1. The van der Waals surface area contributed by atoms with Crippen LogP contribution in [-0.2, 0) is 0 Å². The van der Waals surface area contributed by atoms with Crippen molar-refractivity contribution in [3.63, 3.8) is 0 Å². The second-order valence-electron chi connectivity index (χ2n) is 4.49. The number of rotatable bonds is 1. The SMILES string of the molecule is N#Cc1ccnc(N2CCN3C(=O)NCC3C2)c1. The first kappa shape index (κ1) is 10.8. The average molecular weight is 243 g/mol. The van der Waals surface area contributed by atoms with Crippen LogP contribution in [0.1, 0.15) is 5.56 Å². The summed E-state index contributed by atoms with van der Waals surface area (Å²) in [4.78, 5) is 19.8. The fourth-order valence-corrected chi connectivity index (χ4v) is 2.47. The standard InChI is InChI=1S/C12H13N5O/c13-6-9-1-2-14-11(5-9)16-3-4-17-10(8-16)7-15-12(17)18/h1-2,5,10H,3-4,7-8H2,(H,15,18). The molecule has 1 aromatic heterocycles. The van der Waals surface area contributed by atoms with Crippen LogP contribution in [0.25, 0.3) is 0 Å². The van der Waals surface area contributed by atoms with Gasteiger partial charge in [0.2, 0.25) is 0 Å². The van der Waals surface area contributed by atoms with Crippen LogP contribution < -0.4 is 10.2 Å². The molecule has 1 N–H and O–H groups in total. The second kappa shape index (κ2) is 4.18. The van der Waals surface area contributed by atoms with Gasteiger partial charge in [-0.2, -0.15) is 5.26 Å². The molecule has 6 nitrogen and oxygen atoms in total. The van der Waals surface area contributed by atoms with Gasteiger partial charge in [-0.1, -0.05) is 0 Å². The molecule has 0 radical (unpaired) electrons. The number of aromatic nitrogens is 1. The van der Waals surface area contributed by atoms with Gasteiger partial charge in [0.25, 0.3) is 0 Å². The third-order valence-electron chi connectivity index (χ3n) is 3.43. The summed E-state index contributed by atoms with van der Waals surface area (Å²) in [7, 11) is 0. The number of urea groups is 1. The second-order valence-corrected chi connectivity index (χ2v) is 4.49. The first-order chi connectivity index (χ1) is 8.78. The Bertz CT molecular complexity index is 523. The number of amides is 2. The molecule has 1 unspecified atom stereocenters. The summed E-state index contributed by atoms with van der Waals surface area (Å²) in [5.74, 6) is 0.813. The van der Waals surface area contributed by atoms with E-state index in [1.807, 2.05) is 4.90 Å². The summed E-state index contributed by atoms with van der Waals surface area (Å²) >= 11 is 0. The molecule has 3 rings (SSSR count). The first-order valence-corrected chi connectivity index (χ1v) is 5.93. The van der Waals surface area contributed by atoms with Crippen molar-refractivity contribution in [1.82, 2.24) is 15.2 Å². The third kappa shape index (κ3) is 1.74. The Balaban J connectivity index is 1.78. The molecule has 0 spiro atoms. The summed E-state index contributed by atoms with van der Waals surface area (Å²) in [5, 5.41) is 11.7. The van der Waals surface area contributed by atoms with Crippen molar-refractivity contribution in [2.75, 3.05) is 31.1 Å². The van der Waals surface area contributed by atoms with Crippen LogP contribution in [0.15, 0.2) is 18.3 Å². The highest BCUT2D eigenvalue weighted by atomic mass is 16.2. The van der Waals surface area contributed by atoms with Crippen molar-refractivity contribution in [3.05, 3.63) is 23.9 Å². The lowest BCUT2D eigenvalue weighted by Gasteiger charge is -2.37. The van der Waals surface area contributed by atoms with Gasteiger partial charge >= 0.3 is 6.03 Å². The summed E-state index contributed by atoms with van der Waals surface area (Å²) in [6.07, 6.45) is 1.65. The zero-order chi connectivity index (χ0) is 12.5. The molecule has 18 heavy (non-hydrogen) atoms. The van der Waals surface area contributed by atoms with Gasteiger partial charge in [-0.25, -0.2) is 9.78 Å². The lowest BCUT2D eigenvalue weighted by atomic mass is 10.2. The number of fused-ring (bicyclic) bond motifs is 1. The predicted octanol–water partition coefficient (Wildman–Crippen LogP) is 0.167. The molecule has 0 saturated carbocycles. The number of carbonyl (C=O) groups excluding carboxylic acids is 1. The Morgan fingerprint density at radius 3 is 3.22 bits per heavy atom. The highest BCUT2D eigenvalue weighted by Gasteiger charge is 2.35. The molecular formula is C12H13N5O. The van der Waals surface area contributed by atoms with Crippen LogP contribution in [0.4, 0.5) is 10.6 Å². The number of carbonyl (C=O) groups is 1. The zero-order valence-electron chi connectivity index (χ0n) is 9.83. The normalized spacial score (nSPS) is 22.4. The van der Waals surface area contributed by atoms with Crippen LogP contribution >= 0.6 is 0 Å². The molecule has 92 valence electrons. The highest BCUT2D eigenvalue weighted by molar-refractivity contribution is 5.77. The molecular weight excluding hydrogens is 230 g/mol. The topological polar surface area (TPSA) is 72.3 Å². The van der Waals surface area contributed by atoms with E-state index in [1.54, 1.807) is 18.3 Å². The van der Waals surface area contributed by atoms with Gasteiger partial charge < -0.3 is 15.1 Å². The Labute approximate surface area is 105 Å². The van der Waals surface area contributed by atoms with Gasteiger partial charge in [-0.15, -0.1) is 0 Å². The van der Waals surface area contributed by atoms with Crippen LogP contribution in [0.5, 0.6) is 0 Å². The molecule has 1 atom stereocenters. The van der Waals surface area contributed by atoms with Crippen molar-refractivity contribution in [3.8, 4) is 6.07 Å². The van der Waals surface area contributed by atoms with Crippen molar-refractivity contribution >= 4 is 11.8 Å². The molecule has 2 saturated heterocycles. The van der Waals surface area contributed by atoms with Gasteiger partial charge in [0, 0.05) is 32.4 Å². The minimum Gasteiger partial charge on any atom is -0.353 e. The largest absolute Gasteiger partial charge is 0.353 e. The van der Waals surface area contributed by atoms with Gasteiger partial charge in [-0.3, -0.25) is 0 Å². The van der Waals surface area contributed by atoms with E-state index in [0.717, 1.165) is 18.9 Å². The number of nitrogens with zero attached hydrogens (tertiary/aromatic N) is 4. The van der Waals surface area contributed by atoms with Gasteiger partial charge in [0.1, 0.15) is 5.82 Å². The predicted molar refractivity (Wildman–Crippen MR) is 65.1 cm³/mol. The summed E-state index contributed by atoms with van der Waals surface area (Å²) in [6.45, 7) is 2.91. The lowest BCUT2D eigenvalue weighted by Crippen LogP contribution is -2.52. The Morgan fingerprint density at radius 2 is 2.39 bits per heavy atom. The van der Waals surface area contributed by atoms with E-state index >= 15 is 0 Å². The van der Waals surface area contributed by atoms with E-state index in [1.165, 1.54) is 0 Å². The lowest BCUT2D eigenvalue weighted by molar-refractivity contribution is 0.197. The van der Waals surface area contributed by atoms with E-state index in [4.69, 9.17) is 5.26 Å². The van der Waals surface area contributed by atoms with E-state index in [0.29, 0.717) is 18.7 Å². The van der Waals surface area contributed by atoms with Crippen LogP contribution in [0, 0.1) is 11.3 Å². The number of nitriles is 1. The summed E-state index contributed by atoms with van der Waals surface area (Å²) in [5.41, 5.74) is 0.614. The fourth-order valence-electron chi connectivity index (χ4n) is 2.47. The quantitative estimate of drug-likeness (QED) is 0.763. The maximum absolute atomic E-state index is 11.5. The van der Waals surface area contributed by atoms with Crippen molar-refractivity contribution in [1.29, 1.82) is 5.26 Å². The van der Waals surface area contributed by atoms with Gasteiger partial charge in [-0.05, 0) is 12.1 Å². The number of anilines is 1. The summed E-state index contributed by atoms with van der Waals surface area (Å²) in [6, 6.07) is 5.84. The number of hydrogen-bond acceptors (Lipinski definition) is 4. The van der Waals surface area contributed by atoms with E-state index in [9.17, 15) is 4.79 Å². The Hall–Kier alpha value is -2.29. The molecule has 0 aromatic carbocycles. The number of hydrogen-bond donors (Lipinski definition) is 1. The smallest absolute Gasteiger partial charge is 0.317 e. The maximum Gasteiger partial charge on any atom is 0.317 e. The molecule has 3 heterocycles. The minimum atomic E-state index is 0.0263. The maximum atomic E-state index is 11.5. The van der Waals surface area contributed by atoms with Crippen LogP contribution in [0.3, 0.4) is 0 Å². The first-order valence-electron chi connectivity index (χ1n) is 5.93. The molecule has 0 aliphatic carbocycles.